The molecule has 0 aliphatic carbocycles. The molecule has 18 heavy (non-hydrogen) atoms. The third-order valence-electron chi connectivity index (χ3n) is 2.87. The Hall–Kier alpha value is -1.56. The van der Waals surface area contributed by atoms with E-state index in [4.69, 9.17) is 5.73 Å². The molecule has 0 spiro atoms. The monoisotopic (exact) mass is 311 g/mol. The van der Waals surface area contributed by atoms with Gasteiger partial charge < -0.3 is 16.4 Å². The smallest absolute Gasteiger partial charge is 0.252 e. The molecule has 5 nitrogen and oxygen atoms in total. The second-order valence-corrected chi connectivity index (χ2v) is 5.01. The zero-order valence-corrected chi connectivity index (χ0v) is 11.3. The summed E-state index contributed by atoms with van der Waals surface area (Å²) in [5.41, 5.74) is 6.74. The van der Waals surface area contributed by atoms with E-state index in [-0.39, 0.29) is 17.9 Å². The highest BCUT2D eigenvalue weighted by molar-refractivity contribution is 9.10. The van der Waals surface area contributed by atoms with Gasteiger partial charge >= 0.3 is 0 Å². The van der Waals surface area contributed by atoms with Gasteiger partial charge in [-0.05, 0) is 34.5 Å². The molecule has 2 rings (SSSR count). The SMILES string of the molecule is Nc1cccc(C(=O)NCC2CCC(=O)N2)c1Br. The van der Waals surface area contributed by atoms with Gasteiger partial charge in [-0.3, -0.25) is 9.59 Å². The largest absolute Gasteiger partial charge is 0.398 e. The fourth-order valence-corrected chi connectivity index (χ4v) is 2.31. The maximum atomic E-state index is 11.9. The van der Waals surface area contributed by atoms with Crippen LogP contribution in [0, 0.1) is 0 Å². The molecule has 2 amide bonds. The van der Waals surface area contributed by atoms with Crippen LogP contribution in [0.2, 0.25) is 0 Å². The van der Waals surface area contributed by atoms with Gasteiger partial charge in [0.15, 0.2) is 0 Å². The van der Waals surface area contributed by atoms with Crippen LogP contribution in [0.5, 0.6) is 0 Å². The molecule has 1 aliphatic rings. The van der Waals surface area contributed by atoms with Crippen molar-refractivity contribution in [2.45, 2.75) is 18.9 Å². The highest BCUT2D eigenvalue weighted by atomic mass is 79.9. The minimum absolute atomic E-state index is 0.0290. The molecule has 1 aromatic carbocycles. The Morgan fingerprint density at radius 1 is 1.56 bits per heavy atom. The van der Waals surface area contributed by atoms with Crippen LogP contribution in [0.15, 0.2) is 22.7 Å². The topological polar surface area (TPSA) is 84.2 Å². The van der Waals surface area contributed by atoms with Crippen molar-refractivity contribution in [3.05, 3.63) is 28.2 Å². The van der Waals surface area contributed by atoms with Crippen LogP contribution < -0.4 is 16.4 Å². The Labute approximate surface area is 113 Å². The van der Waals surface area contributed by atoms with Crippen molar-refractivity contribution >= 4 is 33.4 Å². The lowest BCUT2D eigenvalue weighted by atomic mass is 10.1. The van der Waals surface area contributed by atoms with E-state index in [9.17, 15) is 9.59 Å². The molecule has 1 atom stereocenters. The predicted octanol–water partition coefficient (Wildman–Crippen LogP) is 1.04. The normalized spacial score (nSPS) is 18.5. The third kappa shape index (κ3) is 2.81. The summed E-state index contributed by atoms with van der Waals surface area (Å²) in [7, 11) is 0. The molecular weight excluding hydrogens is 298 g/mol. The van der Waals surface area contributed by atoms with Crippen molar-refractivity contribution in [3.63, 3.8) is 0 Å². The minimum atomic E-state index is -0.199. The summed E-state index contributed by atoms with van der Waals surface area (Å²) in [4.78, 5) is 23.0. The van der Waals surface area contributed by atoms with Crippen LogP contribution in [0.3, 0.4) is 0 Å². The molecule has 0 aromatic heterocycles. The lowest BCUT2D eigenvalue weighted by Crippen LogP contribution is -2.38. The molecule has 1 heterocycles. The molecule has 1 aromatic rings. The van der Waals surface area contributed by atoms with Gasteiger partial charge in [-0.15, -0.1) is 0 Å². The summed E-state index contributed by atoms with van der Waals surface area (Å²) < 4.78 is 0.595. The van der Waals surface area contributed by atoms with Crippen molar-refractivity contribution in [1.82, 2.24) is 10.6 Å². The quantitative estimate of drug-likeness (QED) is 0.729. The fourth-order valence-electron chi connectivity index (χ4n) is 1.87. The zero-order chi connectivity index (χ0) is 13.1. The average Bonchev–Trinajstić information content (AvgIpc) is 2.76. The number of carbonyl (C=O) groups excluding carboxylic acids is 2. The first-order chi connectivity index (χ1) is 8.58. The number of amides is 2. The predicted molar refractivity (Wildman–Crippen MR) is 72.1 cm³/mol. The van der Waals surface area contributed by atoms with Crippen molar-refractivity contribution < 1.29 is 9.59 Å². The van der Waals surface area contributed by atoms with E-state index in [1.165, 1.54) is 0 Å². The molecule has 1 aliphatic heterocycles. The van der Waals surface area contributed by atoms with E-state index in [0.29, 0.717) is 28.7 Å². The Morgan fingerprint density at radius 2 is 2.33 bits per heavy atom. The molecule has 0 bridgehead atoms. The summed E-state index contributed by atoms with van der Waals surface area (Å²) in [6.07, 6.45) is 1.29. The minimum Gasteiger partial charge on any atom is -0.398 e. The van der Waals surface area contributed by atoms with Crippen molar-refractivity contribution in [3.8, 4) is 0 Å². The van der Waals surface area contributed by atoms with Crippen LogP contribution in [-0.2, 0) is 4.79 Å². The van der Waals surface area contributed by atoms with Crippen molar-refractivity contribution in [2.75, 3.05) is 12.3 Å². The van der Waals surface area contributed by atoms with Crippen LogP contribution in [0.25, 0.3) is 0 Å². The summed E-state index contributed by atoms with van der Waals surface area (Å²) in [5, 5.41) is 5.59. The van der Waals surface area contributed by atoms with E-state index in [2.05, 4.69) is 26.6 Å². The first kappa shape index (κ1) is 12.9. The second-order valence-electron chi connectivity index (χ2n) is 4.22. The summed E-state index contributed by atoms with van der Waals surface area (Å²) in [6, 6.07) is 5.18. The first-order valence-corrected chi connectivity index (χ1v) is 6.49. The van der Waals surface area contributed by atoms with Gasteiger partial charge in [-0.2, -0.15) is 0 Å². The van der Waals surface area contributed by atoms with Gasteiger partial charge in [0.05, 0.1) is 10.0 Å². The van der Waals surface area contributed by atoms with Crippen LogP contribution in [0.1, 0.15) is 23.2 Å². The average molecular weight is 312 g/mol. The van der Waals surface area contributed by atoms with Crippen LogP contribution >= 0.6 is 15.9 Å². The Morgan fingerprint density at radius 3 is 3.00 bits per heavy atom. The Bertz CT molecular complexity index is 490. The molecule has 4 N–H and O–H groups in total. The van der Waals surface area contributed by atoms with Gasteiger partial charge in [0.1, 0.15) is 0 Å². The van der Waals surface area contributed by atoms with Crippen molar-refractivity contribution in [2.24, 2.45) is 0 Å². The van der Waals surface area contributed by atoms with Gasteiger partial charge in [-0.1, -0.05) is 6.07 Å². The lowest BCUT2D eigenvalue weighted by molar-refractivity contribution is -0.119. The van der Waals surface area contributed by atoms with Crippen molar-refractivity contribution in [1.29, 1.82) is 0 Å². The van der Waals surface area contributed by atoms with Gasteiger partial charge in [0.2, 0.25) is 5.91 Å². The van der Waals surface area contributed by atoms with E-state index in [1.807, 2.05) is 0 Å². The van der Waals surface area contributed by atoms with E-state index >= 15 is 0 Å². The lowest BCUT2D eigenvalue weighted by Gasteiger charge is -2.12. The number of carbonyl (C=O) groups is 2. The molecule has 1 fully saturated rings. The number of halogens is 1. The number of anilines is 1. The standard InChI is InChI=1S/C12H14BrN3O2/c13-11-8(2-1-3-9(11)14)12(18)15-6-7-4-5-10(17)16-7/h1-3,7H,4-6,14H2,(H,15,18)(H,16,17). The number of nitrogens with two attached hydrogens (primary N) is 1. The van der Waals surface area contributed by atoms with Crippen LogP contribution in [-0.4, -0.2) is 24.4 Å². The number of nitrogens with one attached hydrogen (secondary N) is 2. The van der Waals surface area contributed by atoms with E-state index in [0.717, 1.165) is 6.42 Å². The van der Waals surface area contributed by atoms with Crippen LogP contribution in [0.4, 0.5) is 5.69 Å². The first-order valence-electron chi connectivity index (χ1n) is 5.69. The number of benzene rings is 1. The highest BCUT2D eigenvalue weighted by Gasteiger charge is 2.21. The Kier molecular flexibility index (Phi) is 3.86. The number of hydrogen-bond donors (Lipinski definition) is 3. The molecule has 0 radical (unpaired) electrons. The number of rotatable bonds is 3. The van der Waals surface area contributed by atoms with Gasteiger partial charge in [0, 0.05) is 24.7 Å². The molecule has 6 heteroatoms. The molecule has 0 saturated carbocycles. The number of hydrogen-bond acceptors (Lipinski definition) is 3. The van der Waals surface area contributed by atoms with E-state index < -0.39 is 0 Å². The highest BCUT2D eigenvalue weighted by Crippen LogP contribution is 2.23. The summed E-state index contributed by atoms with van der Waals surface area (Å²) in [5.74, 6) is -0.158. The summed E-state index contributed by atoms with van der Waals surface area (Å²) in [6.45, 7) is 0.436. The molecule has 1 saturated heterocycles. The maximum Gasteiger partial charge on any atom is 0.252 e. The zero-order valence-electron chi connectivity index (χ0n) is 9.70. The van der Waals surface area contributed by atoms with E-state index in [1.54, 1.807) is 18.2 Å². The molecular formula is C12H14BrN3O2. The Balaban J connectivity index is 1.95. The maximum absolute atomic E-state index is 11.9. The molecule has 96 valence electrons. The fraction of sp³-hybridized carbons (Fsp3) is 0.333. The van der Waals surface area contributed by atoms with Gasteiger partial charge in [0.25, 0.3) is 5.91 Å². The third-order valence-corrected chi connectivity index (χ3v) is 3.75. The van der Waals surface area contributed by atoms with Gasteiger partial charge in [-0.25, -0.2) is 0 Å². The summed E-state index contributed by atoms with van der Waals surface area (Å²) >= 11 is 3.29. The number of nitrogen functional groups attached to an aromatic ring is 1. The second kappa shape index (κ2) is 5.39. The molecule has 1 unspecified atom stereocenters.